The van der Waals surface area contributed by atoms with Crippen LogP contribution in [0, 0.1) is 5.82 Å². The van der Waals surface area contributed by atoms with E-state index < -0.39 is 0 Å². The number of hydrogen-bond acceptors (Lipinski definition) is 3. The van der Waals surface area contributed by atoms with Gasteiger partial charge in [-0.15, -0.1) is 0 Å². The number of benzene rings is 1. The Bertz CT molecular complexity index is 808. The molecule has 0 spiro atoms. The minimum atomic E-state index is -0.368. The van der Waals surface area contributed by atoms with E-state index in [-0.39, 0.29) is 16.8 Å². The van der Waals surface area contributed by atoms with E-state index in [2.05, 4.69) is 5.32 Å². The first-order valence-corrected chi connectivity index (χ1v) is 7.30. The Hall–Kier alpha value is -2.73. The van der Waals surface area contributed by atoms with E-state index in [1.165, 1.54) is 29.2 Å². The second-order valence-corrected chi connectivity index (χ2v) is 5.40. The fraction of sp³-hybridized carbons (Fsp3) is 0.0588. The monoisotopic (exact) mass is 328 g/mol. The highest BCUT2D eigenvalue weighted by molar-refractivity contribution is 7.80. The van der Waals surface area contributed by atoms with Crippen molar-refractivity contribution in [1.29, 1.82) is 0 Å². The van der Waals surface area contributed by atoms with Crippen molar-refractivity contribution in [2.75, 3.05) is 4.90 Å². The Kier molecular flexibility index (Phi) is 4.08. The molecule has 1 aromatic carbocycles. The molecule has 1 amide bonds. The van der Waals surface area contributed by atoms with E-state index in [0.29, 0.717) is 17.1 Å². The highest BCUT2D eigenvalue weighted by Crippen LogP contribution is 2.22. The molecule has 3 rings (SSSR count). The number of carbonyl (C=O) groups excluding carboxylic acids is 1. The fourth-order valence-electron chi connectivity index (χ4n) is 2.23. The molecule has 4 nitrogen and oxygen atoms in total. The van der Waals surface area contributed by atoms with Crippen LogP contribution in [0.5, 0.6) is 0 Å². The van der Waals surface area contributed by atoms with Gasteiger partial charge in [0.05, 0.1) is 12.0 Å². The van der Waals surface area contributed by atoms with E-state index in [1.807, 2.05) is 19.1 Å². The van der Waals surface area contributed by atoms with E-state index in [4.69, 9.17) is 16.6 Å². The number of nitrogens with one attached hydrogen (secondary N) is 1. The zero-order valence-corrected chi connectivity index (χ0v) is 13.1. The predicted molar refractivity (Wildman–Crippen MR) is 90.1 cm³/mol. The number of hydrogen-bond donors (Lipinski definition) is 1. The summed E-state index contributed by atoms with van der Waals surface area (Å²) < 4.78 is 18.3. The Labute approximate surface area is 137 Å². The zero-order chi connectivity index (χ0) is 16.4. The number of furan rings is 1. The Balaban J connectivity index is 1.86. The summed E-state index contributed by atoms with van der Waals surface area (Å²) in [6.07, 6.45) is 5.09. The number of allylic oxidation sites excluding steroid dienone is 2. The number of halogens is 1. The van der Waals surface area contributed by atoms with Crippen LogP contribution in [-0.2, 0) is 4.79 Å². The SMILES string of the molecule is CC(=C\c1ccco1)/C=C1/NC(=S)N(c2ccc(F)cc2)C1=O. The van der Waals surface area contributed by atoms with Gasteiger partial charge >= 0.3 is 0 Å². The molecule has 2 heterocycles. The van der Waals surface area contributed by atoms with Gasteiger partial charge in [0, 0.05) is 0 Å². The minimum absolute atomic E-state index is 0.263. The molecule has 0 unspecified atom stereocenters. The molecule has 1 saturated heterocycles. The summed E-state index contributed by atoms with van der Waals surface area (Å²) in [5, 5.41) is 3.14. The lowest BCUT2D eigenvalue weighted by atomic mass is 10.2. The van der Waals surface area contributed by atoms with Crippen molar-refractivity contribution >= 4 is 35.0 Å². The molecular weight excluding hydrogens is 315 g/mol. The molecule has 1 aliphatic rings. The van der Waals surface area contributed by atoms with Gasteiger partial charge in [0.15, 0.2) is 5.11 Å². The average Bonchev–Trinajstić information content (AvgIpc) is 3.10. The van der Waals surface area contributed by atoms with Gasteiger partial charge < -0.3 is 9.73 Å². The molecule has 6 heteroatoms. The molecule has 0 saturated carbocycles. The summed E-state index contributed by atoms with van der Waals surface area (Å²) in [5.41, 5.74) is 1.71. The number of thiocarbonyl (C=S) groups is 1. The standard InChI is InChI=1S/C17H13FN2O2S/c1-11(9-14-3-2-8-22-14)10-15-16(21)20(17(23)19-15)13-6-4-12(18)5-7-13/h2-10H,1H3,(H,19,23)/b11-9+,15-10+. The summed E-state index contributed by atoms with van der Waals surface area (Å²) in [7, 11) is 0. The summed E-state index contributed by atoms with van der Waals surface area (Å²) in [5.74, 6) is 0.0452. The molecule has 2 aromatic rings. The molecule has 0 radical (unpaired) electrons. The fourth-order valence-corrected chi connectivity index (χ4v) is 2.53. The smallest absolute Gasteiger partial charge is 0.281 e. The third-order valence-electron chi connectivity index (χ3n) is 3.25. The summed E-state index contributed by atoms with van der Waals surface area (Å²) in [6, 6.07) is 9.20. The largest absolute Gasteiger partial charge is 0.465 e. The van der Waals surface area contributed by atoms with Gasteiger partial charge in [0.25, 0.3) is 5.91 Å². The molecule has 116 valence electrons. The summed E-state index contributed by atoms with van der Waals surface area (Å²) in [6.45, 7) is 1.86. The lowest BCUT2D eigenvalue weighted by Crippen LogP contribution is -2.30. The maximum absolute atomic E-state index is 13.0. The molecule has 1 aliphatic heterocycles. The lowest BCUT2D eigenvalue weighted by Gasteiger charge is -2.13. The van der Waals surface area contributed by atoms with Crippen LogP contribution in [0.15, 0.2) is 64.4 Å². The van der Waals surface area contributed by atoms with E-state index >= 15 is 0 Å². The van der Waals surface area contributed by atoms with Crippen LogP contribution >= 0.6 is 12.2 Å². The van der Waals surface area contributed by atoms with Crippen molar-refractivity contribution in [2.24, 2.45) is 0 Å². The van der Waals surface area contributed by atoms with Crippen LogP contribution in [-0.4, -0.2) is 11.0 Å². The molecule has 23 heavy (non-hydrogen) atoms. The maximum atomic E-state index is 13.0. The van der Waals surface area contributed by atoms with Crippen LogP contribution in [0.2, 0.25) is 0 Å². The van der Waals surface area contributed by atoms with E-state index in [0.717, 1.165) is 5.57 Å². The molecule has 0 bridgehead atoms. The molecule has 1 aromatic heterocycles. The number of anilines is 1. The Morgan fingerprint density at radius 1 is 1.30 bits per heavy atom. The van der Waals surface area contributed by atoms with Crippen molar-refractivity contribution in [2.45, 2.75) is 6.92 Å². The van der Waals surface area contributed by atoms with E-state index in [1.54, 1.807) is 18.4 Å². The first-order chi connectivity index (χ1) is 11.0. The molecule has 1 N–H and O–H groups in total. The van der Waals surface area contributed by atoms with Gasteiger partial charge in [-0.3, -0.25) is 9.69 Å². The average molecular weight is 328 g/mol. The Morgan fingerprint density at radius 2 is 2.04 bits per heavy atom. The van der Waals surface area contributed by atoms with E-state index in [9.17, 15) is 9.18 Å². The van der Waals surface area contributed by atoms with Crippen molar-refractivity contribution < 1.29 is 13.6 Å². The summed E-state index contributed by atoms with van der Waals surface area (Å²) >= 11 is 5.20. The first-order valence-electron chi connectivity index (χ1n) is 6.89. The van der Waals surface area contributed by atoms with Crippen LogP contribution in [0.4, 0.5) is 10.1 Å². The highest BCUT2D eigenvalue weighted by Gasteiger charge is 2.31. The Morgan fingerprint density at radius 3 is 2.70 bits per heavy atom. The minimum Gasteiger partial charge on any atom is -0.465 e. The zero-order valence-electron chi connectivity index (χ0n) is 12.2. The van der Waals surface area contributed by atoms with Crippen LogP contribution < -0.4 is 10.2 Å². The lowest BCUT2D eigenvalue weighted by molar-refractivity contribution is -0.113. The third-order valence-corrected chi connectivity index (χ3v) is 3.53. The molecule has 0 aliphatic carbocycles. The summed E-state index contributed by atoms with van der Waals surface area (Å²) in [4.78, 5) is 13.8. The third kappa shape index (κ3) is 3.22. The highest BCUT2D eigenvalue weighted by atomic mass is 32.1. The number of rotatable bonds is 3. The van der Waals surface area contributed by atoms with Gasteiger partial charge in [-0.25, -0.2) is 4.39 Å². The molecule has 0 atom stereocenters. The number of carbonyl (C=O) groups is 1. The van der Waals surface area contributed by atoms with Gasteiger partial charge in [0.1, 0.15) is 17.3 Å². The molecule has 1 fully saturated rings. The first kappa shape index (κ1) is 15.2. The van der Waals surface area contributed by atoms with Gasteiger partial charge in [-0.1, -0.05) is 0 Å². The number of nitrogens with zero attached hydrogens (tertiary/aromatic N) is 1. The van der Waals surface area contributed by atoms with Crippen molar-refractivity contribution in [3.05, 3.63) is 71.6 Å². The van der Waals surface area contributed by atoms with Crippen molar-refractivity contribution in [3.8, 4) is 0 Å². The normalized spacial score (nSPS) is 17.0. The number of amides is 1. The second-order valence-electron chi connectivity index (χ2n) is 5.01. The quantitative estimate of drug-likeness (QED) is 0.690. The van der Waals surface area contributed by atoms with Crippen LogP contribution in [0.3, 0.4) is 0 Å². The van der Waals surface area contributed by atoms with Gasteiger partial charge in [-0.2, -0.15) is 0 Å². The van der Waals surface area contributed by atoms with Crippen molar-refractivity contribution in [3.63, 3.8) is 0 Å². The van der Waals surface area contributed by atoms with Crippen LogP contribution in [0.1, 0.15) is 12.7 Å². The van der Waals surface area contributed by atoms with Crippen LogP contribution in [0.25, 0.3) is 6.08 Å². The second kappa shape index (κ2) is 6.18. The van der Waals surface area contributed by atoms with Gasteiger partial charge in [0.2, 0.25) is 0 Å². The van der Waals surface area contributed by atoms with Gasteiger partial charge in [-0.05, 0) is 73.3 Å². The molecular formula is C17H13FN2O2S. The maximum Gasteiger partial charge on any atom is 0.281 e. The van der Waals surface area contributed by atoms with Crippen molar-refractivity contribution in [1.82, 2.24) is 5.32 Å². The predicted octanol–water partition coefficient (Wildman–Crippen LogP) is 3.63. The topological polar surface area (TPSA) is 45.5 Å².